The van der Waals surface area contributed by atoms with Gasteiger partial charge in [0.1, 0.15) is 11.5 Å². The van der Waals surface area contributed by atoms with Gasteiger partial charge >= 0.3 is 0 Å². The Morgan fingerprint density at radius 1 is 0.562 bits per heavy atom. The lowest BCUT2D eigenvalue weighted by Gasteiger charge is -2.42. The Balaban J connectivity index is 1.24. The number of benzene rings is 5. The molecule has 240 valence electrons. The highest BCUT2D eigenvalue weighted by Crippen LogP contribution is 2.52. The van der Waals surface area contributed by atoms with Gasteiger partial charge in [0.05, 0.1) is 11.4 Å². The first kappa shape index (κ1) is 29.9. The van der Waals surface area contributed by atoms with Crippen LogP contribution in [0.15, 0.2) is 109 Å². The van der Waals surface area contributed by atoms with Crippen molar-refractivity contribution >= 4 is 40.2 Å². The Bertz CT molecular complexity index is 1900. The number of nitrogens with zero attached hydrogens (tertiary/aromatic N) is 1. The zero-order valence-electron chi connectivity index (χ0n) is 28.6. The summed E-state index contributed by atoms with van der Waals surface area (Å²) < 4.78 is 6.92. The van der Waals surface area contributed by atoms with E-state index in [1.807, 2.05) is 0 Å². The molecule has 0 spiro atoms. The van der Waals surface area contributed by atoms with Crippen LogP contribution in [-0.2, 0) is 5.41 Å². The molecule has 2 saturated carbocycles. The third-order valence-electron chi connectivity index (χ3n) is 12.2. The molecule has 2 aliphatic carbocycles. The third-order valence-corrected chi connectivity index (χ3v) is 12.2. The molecule has 0 unspecified atom stereocenters. The maximum Gasteiger partial charge on any atom is 0.251 e. The van der Waals surface area contributed by atoms with Crippen LogP contribution in [-0.4, -0.2) is 6.71 Å². The van der Waals surface area contributed by atoms with E-state index in [4.69, 9.17) is 4.74 Å². The second-order valence-electron chi connectivity index (χ2n) is 15.3. The normalized spacial score (nSPS) is 18.7. The molecule has 0 N–H and O–H groups in total. The van der Waals surface area contributed by atoms with E-state index in [0.29, 0.717) is 11.8 Å². The molecule has 48 heavy (non-hydrogen) atoms. The van der Waals surface area contributed by atoms with E-state index in [0.717, 1.165) is 17.2 Å². The summed E-state index contributed by atoms with van der Waals surface area (Å²) in [5, 5.41) is 0. The van der Waals surface area contributed by atoms with E-state index in [1.54, 1.807) is 16.6 Å². The largest absolute Gasteiger partial charge is 0.458 e. The molecule has 2 nitrogen and oxygen atoms in total. The summed E-state index contributed by atoms with van der Waals surface area (Å²) in [5.41, 5.74) is 13.7. The Hall–Kier alpha value is -4.24. The second kappa shape index (κ2) is 12.0. The molecule has 0 bridgehead atoms. The zero-order valence-corrected chi connectivity index (χ0v) is 28.6. The summed E-state index contributed by atoms with van der Waals surface area (Å²) in [7, 11) is 0. The van der Waals surface area contributed by atoms with Crippen molar-refractivity contribution in [2.45, 2.75) is 95.3 Å². The summed E-state index contributed by atoms with van der Waals surface area (Å²) in [4.78, 5) is 2.46. The predicted molar refractivity (Wildman–Crippen MR) is 203 cm³/mol. The van der Waals surface area contributed by atoms with Gasteiger partial charge in [0.2, 0.25) is 0 Å². The summed E-state index contributed by atoms with van der Waals surface area (Å²) in [6, 6.07) is 41.2. The maximum absolute atomic E-state index is 6.92. The van der Waals surface area contributed by atoms with Gasteiger partial charge in [0.25, 0.3) is 6.71 Å². The van der Waals surface area contributed by atoms with Gasteiger partial charge < -0.3 is 9.64 Å². The number of fused-ring (bicyclic) bond motifs is 4. The minimum atomic E-state index is -0.0865. The van der Waals surface area contributed by atoms with Crippen LogP contribution < -0.4 is 26.0 Å². The molecular weight excluding hydrogens is 581 g/mol. The zero-order chi connectivity index (χ0) is 32.2. The number of ether oxygens (including phenoxy) is 1. The van der Waals surface area contributed by atoms with Gasteiger partial charge in [-0.2, -0.15) is 0 Å². The van der Waals surface area contributed by atoms with Crippen LogP contribution in [0.1, 0.15) is 112 Å². The maximum atomic E-state index is 6.92. The minimum absolute atomic E-state index is 0.0865. The van der Waals surface area contributed by atoms with Gasteiger partial charge in [0.15, 0.2) is 0 Å². The highest BCUT2D eigenvalue weighted by molar-refractivity contribution is 6.97. The summed E-state index contributed by atoms with van der Waals surface area (Å²) in [5.74, 6) is 3.27. The first-order valence-corrected chi connectivity index (χ1v) is 18.6. The second-order valence-corrected chi connectivity index (χ2v) is 15.3. The SMILES string of the molecule is CC1(C)c2ccccc2N(c2ccc3c(c2)Oc2ccccc2B3c2c(C3CCCCC3)cccc2C2CCCCC2)c2ccccc21. The van der Waals surface area contributed by atoms with Crippen molar-refractivity contribution in [3.63, 3.8) is 0 Å². The fourth-order valence-electron chi connectivity index (χ4n) is 9.82. The van der Waals surface area contributed by atoms with E-state index < -0.39 is 0 Å². The lowest BCUT2D eigenvalue weighted by atomic mass is 9.33. The highest BCUT2D eigenvalue weighted by Gasteiger charge is 2.40. The lowest BCUT2D eigenvalue weighted by Crippen LogP contribution is -2.57. The average molecular weight is 628 g/mol. The van der Waals surface area contributed by atoms with Crippen molar-refractivity contribution in [1.82, 2.24) is 0 Å². The van der Waals surface area contributed by atoms with Gasteiger partial charge in [-0.3, -0.25) is 0 Å². The number of hydrogen-bond donors (Lipinski definition) is 0. The van der Waals surface area contributed by atoms with Crippen molar-refractivity contribution in [2.24, 2.45) is 0 Å². The molecule has 0 radical (unpaired) electrons. The average Bonchev–Trinajstić information content (AvgIpc) is 3.14. The van der Waals surface area contributed by atoms with Crippen molar-refractivity contribution in [1.29, 1.82) is 0 Å². The van der Waals surface area contributed by atoms with E-state index in [2.05, 4.69) is 128 Å². The number of para-hydroxylation sites is 3. The summed E-state index contributed by atoms with van der Waals surface area (Å²) in [6.07, 6.45) is 13.4. The Kier molecular flexibility index (Phi) is 7.48. The first-order valence-electron chi connectivity index (χ1n) is 18.6. The number of rotatable bonds is 4. The van der Waals surface area contributed by atoms with Gasteiger partial charge in [-0.15, -0.1) is 0 Å². The molecule has 2 heterocycles. The van der Waals surface area contributed by atoms with Crippen LogP contribution in [0.25, 0.3) is 0 Å². The van der Waals surface area contributed by atoms with Crippen LogP contribution in [0.5, 0.6) is 11.5 Å². The Morgan fingerprint density at radius 2 is 1.10 bits per heavy atom. The van der Waals surface area contributed by atoms with E-state index in [-0.39, 0.29) is 12.1 Å². The van der Waals surface area contributed by atoms with Crippen molar-refractivity contribution in [3.8, 4) is 11.5 Å². The molecule has 2 fully saturated rings. The Morgan fingerprint density at radius 3 is 1.73 bits per heavy atom. The van der Waals surface area contributed by atoms with Gasteiger partial charge in [-0.05, 0) is 95.0 Å². The molecule has 0 atom stereocenters. The molecule has 4 aliphatic rings. The topological polar surface area (TPSA) is 12.5 Å². The van der Waals surface area contributed by atoms with Gasteiger partial charge in [-0.1, -0.05) is 137 Å². The van der Waals surface area contributed by atoms with Crippen molar-refractivity contribution in [3.05, 3.63) is 131 Å². The molecule has 9 rings (SSSR count). The van der Waals surface area contributed by atoms with E-state index >= 15 is 0 Å². The first-order chi connectivity index (χ1) is 23.6. The molecular formula is C45H46BNO. The van der Waals surface area contributed by atoms with Crippen LogP contribution in [0.3, 0.4) is 0 Å². The smallest absolute Gasteiger partial charge is 0.251 e. The van der Waals surface area contributed by atoms with Crippen LogP contribution in [0.4, 0.5) is 17.1 Å². The monoisotopic (exact) mass is 627 g/mol. The fraction of sp³-hybridized carbons (Fsp3) is 0.333. The molecule has 0 amide bonds. The van der Waals surface area contributed by atoms with Crippen molar-refractivity contribution in [2.75, 3.05) is 4.90 Å². The van der Waals surface area contributed by atoms with E-state index in [9.17, 15) is 0 Å². The summed E-state index contributed by atoms with van der Waals surface area (Å²) in [6.45, 7) is 4.87. The van der Waals surface area contributed by atoms with Crippen LogP contribution >= 0.6 is 0 Å². The standard InChI is InChI=1S/C45H46BNO/c1-45(2)36-22-9-12-25-40(36)47(41-26-13-10-23-37(41)45)33-28-29-39-43(30-33)48-42-27-14-11-24-38(42)46(39)44-34(31-16-5-3-6-17-31)20-15-21-35(44)32-18-7-4-8-19-32/h9-15,20-32H,3-8,16-19H2,1-2H3. The molecule has 0 aromatic heterocycles. The molecule has 5 aromatic carbocycles. The van der Waals surface area contributed by atoms with Crippen molar-refractivity contribution < 1.29 is 4.74 Å². The highest BCUT2D eigenvalue weighted by atomic mass is 16.5. The van der Waals surface area contributed by atoms with E-state index in [1.165, 1.54) is 97.6 Å². The predicted octanol–water partition coefficient (Wildman–Crippen LogP) is 10.5. The minimum Gasteiger partial charge on any atom is -0.458 e. The quantitative estimate of drug-likeness (QED) is 0.180. The molecule has 3 heteroatoms. The van der Waals surface area contributed by atoms with Crippen LogP contribution in [0.2, 0.25) is 0 Å². The fourth-order valence-corrected chi connectivity index (χ4v) is 9.82. The lowest BCUT2D eigenvalue weighted by molar-refractivity contribution is 0.438. The number of anilines is 3. The van der Waals surface area contributed by atoms with Gasteiger partial charge in [0, 0.05) is 17.2 Å². The van der Waals surface area contributed by atoms with Gasteiger partial charge in [-0.25, -0.2) is 0 Å². The number of hydrogen-bond acceptors (Lipinski definition) is 2. The third kappa shape index (κ3) is 4.84. The summed E-state index contributed by atoms with van der Waals surface area (Å²) >= 11 is 0. The molecule has 5 aromatic rings. The molecule has 2 aliphatic heterocycles. The van der Waals surface area contributed by atoms with Crippen LogP contribution in [0, 0.1) is 0 Å². The molecule has 0 saturated heterocycles. The Labute approximate surface area is 287 Å².